The Bertz CT molecular complexity index is 474. The van der Waals surface area contributed by atoms with Crippen LogP contribution in [0.1, 0.15) is 16.2 Å². The average Bonchev–Trinajstić information content (AvgIpc) is 3.01. The summed E-state index contributed by atoms with van der Waals surface area (Å²) in [7, 11) is -0.530. The zero-order chi connectivity index (χ0) is 18.3. The Morgan fingerprint density at radius 2 is 1.92 bits per heavy atom. The van der Waals surface area contributed by atoms with Crippen molar-refractivity contribution >= 4 is 25.0 Å². The summed E-state index contributed by atoms with van der Waals surface area (Å²) in [5.41, 5.74) is 5.37. The number of hydrogen-bond acceptors (Lipinski definition) is 8. The van der Waals surface area contributed by atoms with Crippen LogP contribution >= 0.6 is 11.3 Å². The Morgan fingerprint density at radius 3 is 2.64 bits per heavy atom. The minimum absolute atomic E-state index is 0.104. The lowest BCUT2D eigenvalue weighted by molar-refractivity contribution is -0.139. The van der Waals surface area contributed by atoms with E-state index in [1.165, 1.54) is 9.75 Å². The predicted octanol–water partition coefficient (Wildman–Crippen LogP) is -0.0822. The highest BCUT2D eigenvalue weighted by Gasteiger charge is 2.13. The van der Waals surface area contributed by atoms with Crippen molar-refractivity contribution in [1.29, 1.82) is 0 Å². The molecule has 0 saturated carbocycles. The fraction of sp³-hybridized carbons (Fsp3) is 0.667. The van der Waals surface area contributed by atoms with Gasteiger partial charge in [0.2, 0.25) is 0 Å². The minimum Gasteiger partial charge on any atom is -0.481 e. The van der Waals surface area contributed by atoms with Gasteiger partial charge >= 0.3 is 13.7 Å². The molecular weight excluding hydrogens is 349 g/mol. The number of rotatable bonds is 16. The Balaban J connectivity index is 2.05. The SMILES string of the molecule is NCCOCc1ccc(CCOCCOC[C@H](CC(=O)O)OBO)s1. The lowest BCUT2D eigenvalue weighted by Gasteiger charge is -2.14. The lowest BCUT2D eigenvalue weighted by atomic mass is 10.2. The largest absolute Gasteiger partial charge is 0.481 e. The standard InChI is InChI=1S/C15H26BNO7S/c17-4-6-22-11-14-2-1-13(25-14)3-5-21-7-8-23-10-12(24-16-20)9-15(18)19/h1-2,12,16,20H,3-11,17H2,(H,18,19)/t12-/m0/s1. The number of hydrogen-bond donors (Lipinski definition) is 3. The topological polar surface area (TPSA) is 120 Å². The van der Waals surface area contributed by atoms with Gasteiger partial charge in [-0.1, -0.05) is 0 Å². The Hall–Kier alpha value is -1.01. The molecule has 0 bridgehead atoms. The van der Waals surface area contributed by atoms with Crippen LogP contribution in [0.25, 0.3) is 0 Å². The van der Waals surface area contributed by atoms with Crippen LogP contribution in [-0.2, 0) is 36.7 Å². The summed E-state index contributed by atoms with van der Waals surface area (Å²) in [6.07, 6.45) is -0.0537. The van der Waals surface area contributed by atoms with Gasteiger partial charge in [-0.3, -0.25) is 4.79 Å². The molecule has 10 heteroatoms. The summed E-state index contributed by atoms with van der Waals surface area (Å²) in [5.74, 6) is -0.998. The van der Waals surface area contributed by atoms with Gasteiger partial charge in [-0.2, -0.15) is 0 Å². The molecule has 0 saturated heterocycles. The zero-order valence-corrected chi connectivity index (χ0v) is 15.0. The highest BCUT2D eigenvalue weighted by atomic mass is 32.1. The molecule has 0 radical (unpaired) electrons. The quantitative estimate of drug-likeness (QED) is 0.271. The van der Waals surface area contributed by atoms with Crippen LogP contribution in [0.15, 0.2) is 12.1 Å². The molecule has 0 aliphatic carbocycles. The van der Waals surface area contributed by atoms with E-state index in [0.717, 1.165) is 6.42 Å². The van der Waals surface area contributed by atoms with Crippen LogP contribution in [0.5, 0.6) is 0 Å². The molecule has 0 spiro atoms. The summed E-state index contributed by atoms with van der Waals surface area (Å²) in [5, 5.41) is 17.4. The maximum atomic E-state index is 10.6. The van der Waals surface area contributed by atoms with E-state index in [9.17, 15) is 4.79 Å². The number of aliphatic carboxylic acids is 1. The van der Waals surface area contributed by atoms with Gasteiger partial charge in [0.05, 0.1) is 52.2 Å². The molecule has 0 fully saturated rings. The summed E-state index contributed by atoms with van der Waals surface area (Å²) >= 11 is 1.69. The first-order valence-corrected chi connectivity index (χ1v) is 8.92. The smallest absolute Gasteiger partial charge is 0.435 e. The number of ether oxygens (including phenoxy) is 3. The monoisotopic (exact) mass is 375 g/mol. The molecule has 4 N–H and O–H groups in total. The van der Waals surface area contributed by atoms with E-state index in [0.29, 0.717) is 39.6 Å². The number of carbonyl (C=O) groups is 1. The summed E-state index contributed by atoms with van der Waals surface area (Å²) < 4.78 is 21.1. The van der Waals surface area contributed by atoms with E-state index in [4.69, 9.17) is 34.7 Å². The van der Waals surface area contributed by atoms with Crippen LogP contribution < -0.4 is 5.73 Å². The molecule has 0 aliphatic rings. The van der Waals surface area contributed by atoms with Crippen LogP contribution in [0, 0.1) is 0 Å². The van der Waals surface area contributed by atoms with E-state index in [-0.39, 0.29) is 13.0 Å². The molecule has 0 unspecified atom stereocenters. The summed E-state index contributed by atoms with van der Waals surface area (Å²) in [6, 6.07) is 4.11. The molecule has 0 aromatic carbocycles. The molecule has 1 atom stereocenters. The average molecular weight is 375 g/mol. The Morgan fingerprint density at radius 1 is 1.16 bits per heavy atom. The molecule has 1 aromatic rings. The molecule has 1 rings (SSSR count). The maximum Gasteiger partial charge on any atom is 0.435 e. The van der Waals surface area contributed by atoms with Gasteiger partial charge in [-0.15, -0.1) is 11.3 Å². The fourth-order valence-corrected chi connectivity index (χ4v) is 2.90. The molecule has 8 nitrogen and oxygen atoms in total. The highest BCUT2D eigenvalue weighted by Crippen LogP contribution is 2.17. The molecular formula is C15H26BNO7S. The van der Waals surface area contributed by atoms with Crippen molar-refractivity contribution in [2.75, 3.05) is 39.6 Å². The van der Waals surface area contributed by atoms with Crippen molar-refractivity contribution in [3.63, 3.8) is 0 Å². The van der Waals surface area contributed by atoms with Crippen molar-refractivity contribution < 1.29 is 33.8 Å². The second-order valence-electron chi connectivity index (χ2n) is 5.16. The van der Waals surface area contributed by atoms with Gasteiger partial charge in [-0.25, -0.2) is 0 Å². The number of nitrogens with two attached hydrogens (primary N) is 1. The third-order valence-electron chi connectivity index (χ3n) is 3.10. The van der Waals surface area contributed by atoms with Gasteiger partial charge in [0.1, 0.15) is 0 Å². The summed E-state index contributed by atoms with van der Waals surface area (Å²) in [4.78, 5) is 13.0. The van der Waals surface area contributed by atoms with Gasteiger partial charge in [0.25, 0.3) is 0 Å². The first-order valence-electron chi connectivity index (χ1n) is 8.10. The van der Waals surface area contributed by atoms with E-state index in [1.807, 2.05) is 6.07 Å². The van der Waals surface area contributed by atoms with E-state index in [2.05, 4.69) is 6.07 Å². The first-order chi connectivity index (χ1) is 12.2. The predicted molar refractivity (Wildman–Crippen MR) is 94.9 cm³/mol. The zero-order valence-electron chi connectivity index (χ0n) is 14.2. The van der Waals surface area contributed by atoms with Crippen LogP contribution in [0.2, 0.25) is 0 Å². The maximum absolute atomic E-state index is 10.6. The van der Waals surface area contributed by atoms with E-state index in [1.54, 1.807) is 11.3 Å². The molecule has 1 aromatic heterocycles. The van der Waals surface area contributed by atoms with Crippen LogP contribution in [-0.4, -0.2) is 69.5 Å². The number of carboxylic acid groups (broad SMARTS) is 1. The third kappa shape index (κ3) is 11.3. The molecule has 0 amide bonds. The second-order valence-corrected chi connectivity index (χ2v) is 6.42. The van der Waals surface area contributed by atoms with Gasteiger partial charge in [-0.05, 0) is 12.1 Å². The Labute approximate surface area is 152 Å². The molecule has 1 heterocycles. The Kier molecular flexibility index (Phi) is 12.5. The fourth-order valence-electron chi connectivity index (χ4n) is 1.96. The lowest BCUT2D eigenvalue weighted by Crippen LogP contribution is -2.26. The van der Waals surface area contributed by atoms with E-state index < -0.39 is 19.8 Å². The van der Waals surface area contributed by atoms with Crippen molar-refractivity contribution in [1.82, 2.24) is 0 Å². The van der Waals surface area contributed by atoms with Gasteiger partial charge < -0.3 is 34.7 Å². The van der Waals surface area contributed by atoms with Crippen molar-refractivity contribution in [2.24, 2.45) is 5.73 Å². The summed E-state index contributed by atoms with van der Waals surface area (Å²) in [6.45, 7) is 3.12. The highest BCUT2D eigenvalue weighted by molar-refractivity contribution is 7.11. The van der Waals surface area contributed by atoms with Crippen LogP contribution in [0.3, 0.4) is 0 Å². The van der Waals surface area contributed by atoms with Crippen molar-refractivity contribution in [2.45, 2.75) is 25.6 Å². The molecule has 142 valence electrons. The number of carboxylic acids is 1. The molecule has 0 aliphatic heterocycles. The van der Waals surface area contributed by atoms with Crippen LogP contribution in [0.4, 0.5) is 0 Å². The van der Waals surface area contributed by atoms with Gasteiger partial charge in [0.15, 0.2) is 0 Å². The first kappa shape index (κ1) is 22.0. The minimum atomic E-state index is -0.998. The van der Waals surface area contributed by atoms with Crippen molar-refractivity contribution in [3.8, 4) is 0 Å². The second kappa shape index (κ2) is 14.2. The molecule has 25 heavy (non-hydrogen) atoms. The van der Waals surface area contributed by atoms with E-state index >= 15 is 0 Å². The van der Waals surface area contributed by atoms with Crippen molar-refractivity contribution in [3.05, 3.63) is 21.9 Å². The normalized spacial score (nSPS) is 12.2. The van der Waals surface area contributed by atoms with Gasteiger partial charge in [0, 0.05) is 22.7 Å². The number of thiophene rings is 1. The third-order valence-corrected chi connectivity index (χ3v) is 4.22.